The number of benzene rings is 2. The highest BCUT2D eigenvalue weighted by Gasteiger charge is 2.18. The maximum Gasteiger partial charge on any atom is 0.233 e. The molecule has 5 nitrogen and oxygen atoms in total. The molecule has 1 amide bonds. The molecule has 0 radical (unpaired) electrons. The standard InChI is InChI=1S/C21H23FN4OS/c1-4-23-20-17-7-5-6-8-18(17)24-21(25-20)28-13-19(27)26(3)14(2)15-9-11-16(22)12-10-15/h5-12,14H,4,13H2,1-3H3,(H,23,24,25)/t14-/m1/s1. The summed E-state index contributed by atoms with van der Waals surface area (Å²) in [4.78, 5) is 23.4. The van der Waals surface area contributed by atoms with Gasteiger partial charge in [-0.05, 0) is 43.7 Å². The van der Waals surface area contributed by atoms with E-state index in [0.717, 1.165) is 28.8 Å². The Kier molecular flexibility index (Phi) is 6.46. The summed E-state index contributed by atoms with van der Waals surface area (Å²) in [6.07, 6.45) is 0. The van der Waals surface area contributed by atoms with Gasteiger partial charge in [0.05, 0.1) is 17.3 Å². The Morgan fingerprint density at radius 2 is 1.89 bits per heavy atom. The van der Waals surface area contributed by atoms with Crippen molar-refractivity contribution in [3.05, 3.63) is 59.9 Å². The van der Waals surface area contributed by atoms with Crippen molar-refractivity contribution in [2.75, 3.05) is 24.7 Å². The number of para-hydroxylation sites is 1. The number of carbonyl (C=O) groups excluding carboxylic acids is 1. The van der Waals surface area contributed by atoms with Crippen molar-refractivity contribution in [3.63, 3.8) is 0 Å². The Bertz CT molecular complexity index is 964. The van der Waals surface area contributed by atoms with Crippen molar-refractivity contribution < 1.29 is 9.18 Å². The van der Waals surface area contributed by atoms with Crippen molar-refractivity contribution in [2.24, 2.45) is 0 Å². The molecule has 1 heterocycles. The minimum Gasteiger partial charge on any atom is -0.370 e. The smallest absolute Gasteiger partial charge is 0.233 e. The lowest BCUT2D eigenvalue weighted by atomic mass is 10.1. The highest BCUT2D eigenvalue weighted by molar-refractivity contribution is 7.99. The lowest BCUT2D eigenvalue weighted by Crippen LogP contribution is -2.31. The van der Waals surface area contributed by atoms with Crippen LogP contribution in [0.2, 0.25) is 0 Å². The van der Waals surface area contributed by atoms with Crippen LogP contribution < -0.4 is 5.32 Å². The van der Waals surface area contributed by atoms with Gasteiger partial charge in [-0.1, -0.05) is 36.0 Å². The van der Waals surface area contributed by atoms with Crippen LogP contribution in [0.3, 0.4) is 0 Å². The lowest BCUT2D eigenvalue weighted by molar-refractivity contribution is -0.128. The predicted octanol–water partition coefficient (Wildman–Crippen LogP) is 4.51. The second kappa shape index (κ2) is 9.01. The zero-order valence-corrected chi connectivity index (χ0v) is 17.0. The quantitative estimate of drug-likeness (QED) is 0.469. The maximum absolute atomic E-state index is 13.1. The number of nitrogens with zero attached hydrogens (tertiary/aromatic N) is 3. The van der Waals surface area contributed by atoms with Crippen LogP contribution in [0.15, 0.2) is 53.7 Å². The zero-order chi connectivity index (χ0) is 20.1. The van der Waals surface area contributed by atoms with Gasteiger partial charge in [0.15, 0.2) is 5.16 Å². The normalized spacial score (nSPS) is 12.0. The van der Waals surface area contributed by atoms with Crippen molar-refractivity contribution in [1.82, 2.24) is 14.9 Å². The summed E-state index contributed by atoms with van der Waals surface area (Å²) in [5.41, 5.74) is 1.73. The van der Waals surface area contributed by atoms with E-state index in [0.29, 0.717) is 5.16 Å². The summed E-state index contributed by atoms with van der Waals surface area (Å²) in [6.45, 7) is 4.69. The fourth-order valence-electron chi connectivity index (χ4n) is 2.83. The second-order valence-electron chi connectivity index (χ2n) is 6.42. The third kappa shape index (κ3) is 4.59. The largest absolute Gasteiger partial charge is 0.370 e. The maximum atomic E-state index is 13.1. The summed E-state index contributed by atoms with van der Waals surface area (Å²) in [6, 6.07) is 13.9. The molecule has 0 aliphatic carbocycles. The number of hydrogen-bond acceptors (Lipinski definition) is 5. The van der Waals surface area contributed by atoms with Gasteiger partial charge >= 0.3 is 0 Å². The number of carbonyl (C=O) groups is 1. The number of anilines is 1. The molecule has 0 fully saturated rings. The minimum atomic E-state index is -0.287. The van der Waals surface area contributed by atoms with Crippen LogP contribution in [0, 0.1) is 5.82 Å². The summed E-state index contributed by atoms with van der Waals surface area (Å²) < 4.78 is 13.1. The van der Waals surface area contributed by atoms with E-state index in [2.05, 4.69) is 15.3 Å². The van der Waals surface area contributed by atoms with Crippen LogP contribution in [-0.4, -0.2) is 40.1 Å². The molecule has 1 N–H and O–H groups in total. The lowest BCUT2D eigenvalue weighted by Gasteiger charge is -2.25. The van der Waals surface area contributed by atoms with E-state index in [4.69, 9.17) is 0 Å². The van der Waals surface area contributed by atoms with Crippen molar-refractivity contribution in [3.8, 4) is 0 Å². The number of thioether (sulfide) groups is 1. The van der Waals surface area contributed by atoms with Gasteiger partial charge in [-0.2, -0.15) is 0 Å². The van der Waals surface area contributed by atoms with Crippen molar-refractivity contribution >= 4 is 34.4 Å². The molecule has 0 aliphatic heterocycles. The average Bonchev–Trinajstić information content (AvgIpc) is 2.71. The number of nitrogens with one attached hydrogen (secondary N) is 1. The minimum absolute atomic E-state index is 0.0383. The van der Waals surface area contributed by atoms with Gasteiger partial charge in [-0.15, -0.1) is 0 Å². The number of hydrogen-bond donors (Lipinski definition) is 1. The van der Waals surface area contributed by atoms with Crippen molar-refractivity contribution in [1.29, 1.82) is 0 Å². The van der Waals surface area contributed by atoms with Crippen LogP contribution in [0.5, 0.6) is 0 Å². The molecule has 1 atom stereocenters. The molecule has 0 unspecified atom stereocenters. The molecule has 3 rings (SSSR count). The van der Waals surface area contributed by atoms with E-state index in [1.54, 1.807) is 24.1 Å². The van der Waals surface area contributed by atoms with Gasteiger partial charge in [0.25, 0.3) is 0 Å². The Labute approximate surface area is 168 Å². The van der Waals surface area contributed by atoms with E-state index in [1.807, 2.05) is 38.1 Å². The Balaban J connectivity index is 1.70. The molecule has 3 aromatic rings. The van der Waals surface area contributed by atoms with Crippen molar-refractivity contribution in [2.45, 2.75) is 25.0 Å². The van der Waals surface area contributed by atoms with Gasteiger partial charge in [-0.3, -0.25) is 4.79 Å². The fraction of sp³-hybridized carbons (Fsp3) is 0.286. The molecule has 2 aromatic carbocycles. The zero-order valence-electron chi connectivity index (χ0n) is 16.1. The molecule has 1 aromatic heterocycles. The summed E-state index contributed by atoms with van der Waals surface area (Å²) in [7, 11) is 1.75. The molecular formula is C21H23FN4OS. The molecule has 0 saturated carbocycles. The van der Waals surface area contributed by atoms with E-state index < -0.39 is 0 Å². The molecular weight excluding hydrogens is 375 g/mol. The molecule has 0 aliphatic rings. The first kappa shape index (κ1) is 20.1. The second-order valence-corrected chi connectivity index (χ2v) is 7.37. The van der Waals surface area contributed by atoms with Crippen LogP contribution in [0.25, 0.3) is 10.9 Å². The van der Waals surface area contributed by atoms with E-state index >= 15 is 0 Å². The van der Waals surface area contributed by atoms with Gasteiger partial charge in [0, 0.05) is 19.0 Å². The topological polar surface area (TPSA) is 58.1 Å². The van der Waals surface area contributed by atoms with Crippen LogP contribution in [-0.2, 0) is 4.79 Å². The number of aromatic nitrogens is 2. The van der Waals surface area contributed by atoms with Gasteiger partial charge in [0.1, 0.15) is 11.6 Å². The predicted molar refractivity (Wildman–Crippen MR) is 112 cm³/mol. The molecule has 0 spiro atoms. The molecule has 7 heteroatoms. The Hall–Kier alpha value is -2.67. The molecule has 0 bridgehead atoms. The van der Waals surface area contributed by atoms with Crippen LogP contribution >= 0.6 is 11.8 Å². The highest BCUT2D eigenvalue weighted by Crippen LogP contribution is 2.25. The Morgan fingerprint density at radius 1 is 1.18 bits per heavy atom. The highest BCUT2D eigenvalue weighted by atomic mass is 32.2. The fourth-order valence-corrected chi connectivity index (χ4v) is 3.61. The average molecular weight is 399 g/mol. The van der Waals surface area contributed by atoms with Crippen LogP contribution in [0.1, 0.15) is 25.5 Å². The first-order chi connectivity index (χ1) is 13.5. The number of halogens is 1. The number of fused-ring (bicyclic) bond motifs is 1. The SMILES string of the molecule is CCNc1nc(SCC(=O)N(C)[C@H](C)c2ccc(F)cc2)nc2ccccc12. The third-order valence-corrected chi connectivity index (χ3v) is 5.41. The first-order valence-electron chi connectivity index (χ1n) is 9.14. The molecule has 28 heavy (non-hydrogen) atoms. The van der Waals surface area contributed by atoms with Crippen LogP contribution in [0.4, 0.5) is 10.2 Å². The van der Waals surface area contributed by atoms with Gasteiger partial charge in [-0.25, -0.2) is 14.4 Å². The molecule has 0 saturated heterocycles. The van der Waals surface area contributed by atoms with Gasteiger partial charge in [0.2, 0.25) is 5.91 Å². The summed E-state index contributed by atoms with van der Waals surface area (Å²) in [5, 5.41) is 4.78. The summed E-state index contributed by atoms with van der Waals surface area (Å²) in [5.74, 6) is 0.677. The number of amides is 1. The van der Waals surface area contributed by atoms with E-state index in [9.17, 15) is 9.18 Å². The summed E-state index contributed by atoms with van der Waals surface area (Å²) >= 11 is 1.31. The Morgan fingerprint density at radius 3 is 2.61 bits per heavy atom. The molecule has 146 valence electrons. The first-order valence-corrected chi connectivity index (χ1v) is 10.1. The van der Waals surface area contributed by atoms with E-state index in [-0.39, 0.29) is 23.5 Å². The monoisotopic (exact) mass is 398 g/mol. The number of rotatable bonds is 7. The third-order valence-electron chi connectivity index (χ3n) is 4.58. The van der Waals surface area contributed by atoms with E-state index in [1.165, 1.54) is 23.9 Å². The van der Waals surface area contributed by atoms with Gasteiger partial charge < -0.3 is 10.2 Å².